The van der Waals surface area contributed by atoms with E-state index in [9.17, 15) is 20.0 Å². The smallest absolute Gasteiger partial charge is 0.279 e. The number of hydrogen-bond donors (Lipinski definition) is 2. The molecular formula is C23H23N3O6. The molecule has 0 aliphatic carbocycles. The molecule has 1 fully saturated rings. The van der Waals surface area contributed by atoms with Crippen LogP contribution in [0.5, 0.6) is 11.5 Å². The van der Waals surface area contributed by atoms with Crippen molar-refractivity contribution >= 4 is 22.5 Å². The standard InChI is InChI=1S/C23H23N3O6/c1-31-16-6-4-14(5-7-16)20(25-23(28)15-8-11-32-12-9-15)18-13-19(26(29)30)17-3-2-10-24-21(17)22(18)27/h2-7,10,13,15,20,27H,8-9,11-12H2,1H3,(H,25,28). The quantitative estimate of drug-likeness (QED) is 0.447. The first-order valence-corrected chi connectivity index (χ1v) is 10.3. The Balaban J connectivity index is 1.83. The second-order valence-electron chi connectivity index (χ2n) is 7.59. The molecule has 3 aromatic rings. The number of nitro benzene ring substituents is 1. The van der Waals surface area contributed by atoms with Crippen LogP contribution in [0.1, 0.15) is 30.0 Å². The molecule has 1 aliphatic rings. The summed E-state index contributed by atoms with van der Waals surface area (Å²) in [6.45, 7) is 1.00. The molecule has 1 aliphatic heterocycles. The first-order valence-electron chi connectivity index (χ1n) is 10.3. The molecule has 2 aromatic carbocycles. The molecule has 9 nitrogen and oxygen atoms in total. The first-order chi connectivity index (χ1) is 15.5. The van der Waals surface area contributed by atoms with Gasteiger partial charge in [-0.05, 0) is 42.7 Å². The van der Waals surface area contributed by atoms with Crippen molar-refractivity contribution in [1.29, 1.82) is 0 Å². The molecule has 4 rings (SSSR count). The van der Waals surface area contributed by atoms with E-state index in [1.165, 1.54) is 18.3 Å². The van der Waals surface area contributed by atoms with Crippen molar-refractivity contribution in [3.8, 4) is 11.5 Å². The molecule has 0 bridgehead atoms. The van der Waals surface area contributed by atoms with E-state index in [0.717, 1.165) is 0 Å². The summed E-state index contributed by atoms with van der Waals surface area (Å²) >= 11 is 0. The van der Waals surface area contributed by atoms with Crippen LogP contribution in [-0.4, -0.2) is 41.2 Å². The van der Waals surface area contributed by atoms with Gasteiger partial charge in [-0.25, -0.2) is 0 Å². The van der Waals surface area contributed by atoms with Gasteiger partial charge < -0.3 is 19.9 Å². The fourth-order valence-corrected chi connectivity index (χ4v) is 3.96. The minimum absolute atomic E-state index is 0.107. The van der Waals surface area contributed by atoms with E-state index >= 15 is 0 Å². The van der Waals surface area contributed by atoms with Crippen LogP contribution in [-0.2, 0) is 9.53 Å². The predicted molar refractivity (Wildman–Crippen MR) is 117 cm³/mol. The maximum absolute atomic E-state index is 13.0. The van der Waals surface area contributed by atoms with Gasteiger partial charge in [-0.15, -0.1) is 0 Å². The molecular weight excluding hydrogens is 414 g/mol. The molecule has 2 N–H and O–H groups in total. The zero-order valence-electron chi connectivity index (χ0n) is 17.5. The number of carbonyl (C=O) groups is 1. The maximum Gasteiger partial charge on any atom is 0.279 e. The average Bonchev–Trinajstić information content (AvgIpc) is 2.83. The third-order valence-electron chi connectivity index (χ3n) is 5.71. The lowest BCUT2D eigenvalue weighted by Crippen LogP contribution is -2.37. The fraction of sp³-hybridized carbons (Fsp3) is 0.304. The van der Waals surface area contributed by atoms with Crippen LogP contribution in [0, 0.1) is 16.0 Å². The highest BCUT2D eigenvalue weighted by Gasteiger charge is 2.29. The number of phenolic OH excluding ortho intramolecular Hbond substituents is 1. The highest BCUT2D eigenvalue weighted by molar-refractivity contribution is 5.94. The summed E-state index contributed by atoms with van der Waals surface area (Å²) in [5.74, 6) is -0.0181. The Morgan fingerprint density at radius 2 is 2.00 bits per heavy atom. The van der Waals surface area contributed by atoms with Gasteiger partial charge in [0.15, 0.2) is 0 Å². The van der Waals surface area contributed by atoms with Gasteiger partial charge >= 0.3 is 0 Å². The Bertz CT molecular complexity index is 1140. The SMILES string of the molecule is COc1ccc(C(NC(=O)C2CCOCC2)c2cc([N+](=O)[O-])c3cccnc3c2O)cc1. The number of carbonyl (C=O) groups excluding carboxylic acids is 1. The molecule has 2 heterocycles. The lowest BCUT2D eigenvalue weighted by atomic mass is 9.93. The first kappa shape index (κ1) is 21.5. The lowest BCUT2D eigenvalue weighted by molar-refractivity contribution is -0.383. The van der Waals surface area contributed by atoms with E-state index in [4.69, 9.17) is 9.47 Å². The number of nitrogens with zero attached hydrogens (tertiary/aromatic N) is 2. The van der Waals surface area contributed by atoms with Crippen LogP contribution in [0.25, 0.3) is 10.9 Å². The number of phenols is 1. The minimum Gasteiger partial charge on any atom is -0.505 e. The number of nitrogens with one attached hydrogen (secondary N) is 1. The van der Waals surface area contributed by atoms with Gasteiger partial charge in [0.2, 0.25) is 5.91 Å². The number of amides is 1. The zero-order chi connectivity index (χ0) is 22.7. The van der Waals surface area contributed by atoms with Gasteiger partial charge in [0.25, 0.3) is 5.69 Å². The fourth-order valence-electron chi connectivity index (χ4n) is 3.96. The van der Waals surface area contributed by atoms with E-state index in [1.54, 1.807) is 37.4 Å². The van der Waals surface area contributed by atoms with Gasteiger partial charge in [-0.2, -0.15) is 0 Å². The van der Waals surface area contributed by atoms with Gasteiger partial charge in [-0.3, -0.25) is 19.9 Å². The zero-order valence-corrected chi connectivity index (χ0v) is 17.5. The van der Waals surface area contributed by atoms with Crippen molar-refractivity contribution in [2.45, 2.75) is 18.9 Å². The molecule has 0 radical (unpaired) electrons. The van der Waals surface area contributed by atoms with Crippen LogP contribution >= 0.6 is 0 Å². The highest BCUT2D eigenvalue weighted by atomic mass is 16.6. The predicted octanol–water partition coefficient (Wildman–Crippen LogP) is 3.49. The number of benzene rings is 2. The van der Waals surface area contributed by atoms with Crippen molar-refractivity contribution in [2.75, 3.05) is 20.3 Å². The number of methoxy groups -OCH3 is 1. The highest BCUT2D eigenvalue weighted by Crippen LogP contribution is 2.40. The van der Waals surface area contributed by atoms with E-state index in [1.807, 2.05) is 0 Å². The van der Waals surface area contributed by atoms with E-state index in [-0.39, 0.29) is 39.7 Å². The van der Waals surface area contributed by atoms with Crippen LogP contribution in [0.4, 0.5) is 5.69 Å². The Morgan fingerprint density at radius 3 is 2.66 bits per heavy atom. The molecule has 0 saturated carbocycles. The lowest BCUT2D eigenvalue weighted by Gasteiger charge is -2.26. The van der Waals surface area contributed by atoms with Gasteiger partial charge in [0.05, 0.1) is 23.5 Å². The number of pyridine rings is 1. The third kappa shape index (κ3) is 4.19. The summed E-state index contributed by atoms with van der Waals surface area (Å²) in [5, 5.41) is 26.0. The van der Waals surface area contributed by atoms with Crippen molar-refractivity contribution in [3.05, 3.63) is 69.9 Å². The van der Waals surface area contributed by atoms with Crippen LogP contribution in [0.15, 0.2) is 48.7 Å². The number of non-ortho nitro benzene ring substituents is 1. The monoisotopic (exact) mass is 437 g/mol. The van der Waals surface area contributed by atoms with Crippen molar-refractivity contribution in [2.24, 2.45) is 5.92 Å². The van der Waals surface area contributed by atoms with Crippen molar-refractivity contribution in [3.63, 3.8) is 0 Å². The summed E-state index contributed by atoms with van der Waals surface area (Å²) < 4.78 is 10.6. The molecule has 166 valence electrons. The van der Waals surface area contributed by atoms with Gasteiger partial charge in [-0.1, -0.05) is 12.1 Å². The van der Waals surface area contributed by atoms with Crippen LogP contribution in [0.3, 0.4) is 0 Å². The van der Waals surface area contributed by atoms with Gasteiger partial charge in [0, 0.05) is 37.0 Å². The Labute approximate surface area is 184 Å². The van der Waals surface area contributed by atoms with Crippen molar-refractivity contribution in [1.82, 2.24) is 10.3 Å². The molecule has 1 amide bonds. The Kier molecular flexibility index (Phi) is 6.18. The summed E-state index contributed by atoms with van der Waals surface area (Å²) in [4.78, 5) is 28.5. The number of aromatic nitrogens is 1. The number of ether oxygens (including phenoxy) is 2. The number of fused-ring (bicyclic) bond motifs is 1. The molecule has 1 saturated heterocycles. The van der Waals surface area contributed by atoms with Crippen LogP contribution in [0.2, 0.25) is 0 Å². The summed E-state index contributed by atoms with van der Waals surface area (Å²) in [5.41, 5.74) is 0.759. The summed E-state index contributed by atoms with van der Waals surface area (Å²) in [7, 11) is 1.55. The molecule has 1 aromatic heterocycles. The molecule has 32 heavy (non-hydrogen) atoms. The average molecular weight is 437 g/mol. The second kappa shape index (κ2) is 9.19. The van der Waals surface area contributed by atoms with E-state index in [2.05, 4.69) is 10.3 Å². The summed E-state index contributed by atoms with van der Waals surface area (Å²) in [6, 6.07) is 10.6. The molecule has 1 atom stereocenters. The summed E-state index contributed by atoms with van der Waals surface area (Å²) in [6.07, 6.45) is 2.64. The largest absolute Gasteiger partial charge is 0.505 e. The Morgan fingerprint density at radius 1 is 1.28 bits per heavy atom. The Hall–Kier alpha value is -3.72. The number of hydrogen-bond acceptors (Lipinski definition) is 7. The number of aromatic hydroxyl groups is 1. The van der Waals surface area contributed by atoms with Gasteiger partial charge in [0.1, 0.15) is 17.0 Å². The number of rotatable bonds is 6. The molecule has 9 heteroatoms. The topological polar surface area (TPSA) is 124 Å². The van der Waals surface area contributed by atoms with E-state index < -0.39 is 11.0 Å². The maximum atomic E-state index is 13.0. The van der Waals surface area contributed by atoms with E-state index in [0.29, 0.717) is 37.4 Å². The number of nitro groups is 1. The van der Waals surface area contributed by atoms with Crippen LogP contribution < -0.4 is 10.1 Å². The molecule has 1 unspecified atom stereocenters. The second-order valence-corrected chi connectivity index (χ2v) is 7.59. The minimum atomic E-state index is -0.818. The molecule has 0 spiro atoms. The van der Waals surface area contributed by atoms with Crippen molar-refractivity contribution < 1.29 is 24.3 Å². The third-order valence-corrected chi connectivity index (χ3v) is 5.71. The normalized spacial score (nSPS) is 15.3.